The number of hydrogen-bond acceptors (Lipinski definition) is 8. The van der Waals surface area contributed by atoms with Crippen molar-refractivity contribution in [2.24, 2.45) is 0 Å². The van der Waals surface area contributed by atoms with Crippen molar-refractivity contribution in [2.45, 2.75) is 43.9 Å². The lowest BCUT2D eigenvalue weighted by Crippen LogP contribution is -2.52. The van der Waals surface area contributed by atoms with Crippen LogP contribution in [0.2, 0.25) is 0 Å². The van der Waals surface area contributed by atoms with Crippen LogP contribution in [0.5, 0.6) is 0 Å². The van der Waals surface area contributed by atoms with E-state index in [2.05, 4.69) is 31.2 Å². The zero-order chi connectivity index (χ0) is 18.0. The minimum absolute atomic E-state index is 0.0375. The summed E-state index contributed by atoms with van der Waals surface area (Å²) >= 11 is 2.91. The van der Waals surface area contributed by atoms with Crippen LogP contribution in [-0.4, -0.2) is 43.6 Å². The van der Waals surface area contributed by atoms with Crippen LogP contribution >= 0.6 is 23.1 Å². The number of nitrogens with one attached hydrogen (secondary N) is 3. The molecule has 0 spiro atoms. The van der Waals surface area contributed by atoms with E-state index in [9.17, 15) is 9.59 Å². The van der Waals surface area contributed by atoms with Gasteiger partial charge in [-0.1, -0.05) is 30.0 Å². The normalized spacial score (nSPS) is 20.4. The van der Waals surface area contributed by atoms with Crippen molar-refractivity contribution in [3.8, 4) is 0 Å². The van der Waals surface area contributed by atoms with Gasteiger partial charge in [-0.2, -0.15) is 5.10 Å². The van der Waals surface area contributed by atoms with Gasteiger partial charge in [0.15, 0.2) is 10.6 Å². The average molecular weight is 381 g/mol. The molecule has 3 heterocycles. The van der Waals surface area contributed by atoms with Gasteiger partial charge in [0, 0.05) is 12.5 Å². The van der Waals surface area contributed by atoms with Gasteiger partial charge in [-0.05, 0) is 19.6 Å². The van der Waals surface area contributed by atoms with Crippen molar-refractivity contribution in [3.63, 3.8) is 0 Å². The fraction of sp³-hybridized carbons (Fsp3) is 0.500. The van der Waals surface area contributed by atoms with Gasteiger partial charge in [-0.25, -0.2) is 4.68 Å². The van der Waals surface area contributed by atoms with E-state index in [0.29, 0.717) is 22.8 Å². The quantitative estimate of drug-likeness (QED) is 0.529. The monoisotopic (exact) mass is 381 g/mol. The number of carbonyl (C=O) groups excluding carboxylic acids is 2. The molecule has 0 radical (unpaired) electrons. The van der Waals surface area contributed by atoms with E-state index in [1.165, 1.54) is 17.5 Å². The van der Waals surface area contributed by atoms with E-state index in [4.69, 9.17) is 0 Å². The molecule has 1 saturated heterocycles. The highest BCUT2D eigenvalue weighted by Crippen LogP contribution is 2.25. The predicted octanol–water partition coefficient (Wildman–Crippen LogP) is 1.36. The third kappa shape index (κ3) is 3.99. The largest absolute Gasteiger partial charge is 0.322 e. The molecule has 0 aromatic carbocycles. The molecule has 2 unspecified atom stereocenters. The maximum Gasteiger partial charge on any atom is 0.260 e. The van der Waals surface area contributed by atoms with Gasteiger partial charge in [0.1, 0.15) is 0 Å². The second kappa shape index (κ2) is 7.50. The van der Waals surface area contributed by atoms with Crippen LogP contribution in [0.1, 0.15) is 42.6 Å². The number of anilines is 1. The molecule has 2 aromatic rings. The number of rotatable bonds is 5. The highest BCUT2D eigenvalue weighted by Gasteiger charge is 2.27. The van der Waals surface area contributed by atoms with E-state index in [1.54, 1.807) is 23.4 Å². The molecule has 25 heavy (non-hydrogen) atoms. The summed E-state index contributed by atoms with van der Waals surface area (Å²) in [6.45, 7) is 5.74. The molecule has 9 nitrogen and oxygen atoms in total. The topological polar surface area (TPSA) is 114 Å². The third-order valence-electron chi connectivity index (χ3n) is 3.66. The minimum Gasteiger partial charge on any atom is -0.322 e. The fourth-order valence-corrected chi connectivity index (χ4v) is 4.15. The fourth-order valence-electron chi connectivity index (χ4n) is 2.50. The van der Waals surface area contributed by atoms with Crippen LogP contribution in [0.4, 0.5) is 5.13 Å². The lowest BCUT2D eigenvalue weighted by molar-refractivity contribution is -0.125. The Morgan fingerprint density at radius 3 is 3.04 bits per heavy atom. The first-order chi connectivity index (χ1) is 12.0. The molecule has 134 valence electrons. The Morgan fingerprint density at radius 1 is 1.52 bits per heavy atom. The van der Waals surface area contributed by atoms with Crippen LogP contribution in [0.25, 0.3) is 0 Å². The summed E-state index contributed by atoms with van der Waals surface area (Å²) in [5, 5.41) is 21.5. The van der Waals surface area contributed by atoms with Gasteiger partial charge in [-0.3, -0.25) is 20.2 Å². The van der Waals surface area contributed by atoms with Crippen LogP contribution < -0.4 is 16.0 Å². The Hall–Kier alpha value is -1.98. The molecule has 11 heteroatoms. The standard InChI is InChI=1S/C14H19N7O2S2/c1-4-24-14-20-19-13(25-14)18-11(23)9-6-15-21(8(9)3)12-16-7(2)5-10(22)17-12/h6-7,12,16H,4-5H2,1-3H3,(H,17,22)(H,18,19,23). The first-order valence-electron chi connectivity index (χ1n) is 7.85. The Labute approximate surface area is 153 Å². The SMILES string of the molecule is CCSc1nnc(NC(=O)c2cnn(C3NC(=O)CC(C)N3)c2C)s1. The highest BCUT2D eigenvalue weighted by atomic mass is 32.2. The van der Waals surface area contributed by atoms with E-state index in [0.717, 1.165) is 10.1 Å². The summed E-state index contributed by atoms with van der Waals surface area (Å²) in [7, 11) is 0. The van der Waals surface area contributed by atoms with Crippen LogP contribution in [0, 0.1) is 6.92 Å². The lowest BCUT2D eigenvalue weighted by atomic mass is 10.2. The molecule has 2 aromatic heterocycles. The molecule has 0 bridgehead atoms. The Morgan fingerprint density at radius 2 is 2.32 bits per heavy atom. The van der Waals surface area contributed by atoms with Crippen LogP contribution in [0.15, 0.2) is 10.5 Å². The molecule has 2 atom stereocenters. The molecule has 3 N–H and O–H groups in total. The minimum atomic E-state index is -0.466. The molecule has 1 aliphatic heterocycles. The van der Waals surface area contributed by atoms with Gasteiger partial charge >= 0.3 is 0 Å². The maximum atomic E-state index is 12.5. The van der Waals surface area contributed by atoms with Gasteiger partial charge in [0.05, 0.1) is 17.5 Å². The number of carbonyl (C=O) groups is 2. The number of nitrogens with zero attached hydrogens (tertiary/aromatic N) is 4. The van der Waals surface area contributed by atoms with Crippen molar-refractivity contribution >= 4 is 40.0 Å². The van der Waals surface area contributed by atoms with Gasteiger partial charge in [0.2, 0.25) is 11.0 Å². The Bertz CT molecular complexity index is 788. The number of hydrogen-bond donors (Lipinski definition) is 3. The number of amides is 2. The van der Waals surface area contributed by atoms with Gasteiger partial charge in [-0.15, -0.1) is 10.2 Å². The highest BCUT2D eigenvalue weighted by molar-refractivity contribution is 8.01. The summed E-state index contributed by atoms with van der Waals surface area (Å²) in [6, 6.07) is 0.0375. The van der Waals surface area contributed by atoms with E-state index >= 15 is 0 Å². The molecule has 2 amide bonds. The first-order valence-corrected chi connectivity index (χ1v) is 9.65. The zero-order valence-corrected chi connectivity index (χ0v) is 15.7. The van der Waals surface area contributed by atoms with Gasteiger partial charge < -0.3 is 5.32 Å². The zero-order valence-electron chi connectivity index (χ0n) is 14.1. The smallest absolute Gasteiger partial charge is 0.260 e. The second-order valence-electron chi connectivity index (χ2n) is 5.59. The summed E-state index contributed by atoms with van der Waals surface area (Å²) in [5.74, 6) is 0.544. The summed E-state index contributed by atoms with van der Waals surface area (Å²) in [5.41, 5.74) is 1.08. The first kappa shape index (κ1) is 17.8. The van der Waals surface area contributed by atoms with Crippen molar-refractivity contribution < 1.29 is 9.59 Å². The van der Waals surface area contributed by atoms with E-state index in [-0.39, 0.29) is 17.9 Å². The molecule has 0 saturated carbocycles. The Balaban J connectivity index is 1.73. The van der Waals surface area contributed by atoms with Crippen LogP contribution in [-0.2, 0) is 4.79 Å². The average Bonchev–Trinajstić information content (AvgIpc) is 3.13. The number of aromatic nitrogens is 4. The van der Waals surface area contributed by atoms with E-state index < -0.39 is 6.29 Å². The van der Waals surface area contributed by atoms with Crippen LogP contribution in [0.3, 0.4) is 0 Å². The van der Waals surface area contributed by atoms with E-state index in [1.807, 2.05) is 13.8 Å². The predicted molar refractivity (Wildman–Crippen MR) is 95.6 cm³/mol. The second-order valence-corrected chi connectivity index (χ2v) is 8.08. The number of thioether (sulfide) groups is 1. The molecular weight excluding hydrogens is 362 g/mol. The molecule has 1 aliphatic rings. The molecule has 3 rings (SSSR count). The Kier molecular flexibility index (Phi) is 5.35. The van der Waals surface area contributed by atoms with Crippen molar-refractivity contribution in [2.75, 3.05) is 11.1 Å². The molecular formula is C14H19N7O2S2. The lowest BCUT2D eigenvalue weighted by Gasteiger charge is -2.30. The summed E-state index contributed by atoms with van der Waals surface area (Å²) in [4.78, 5) is 24.2. The molecule has 0 aliphatic carbocycles. The van der Waals surface area contributed by atoms with Crippen molar-refractivity contribution in [1.29, 1.82) is 0 Å². The molecule has 1 fully saturated rings. The summed E-state index contributed by atoms with van der Waals surface area (Å²) < 4.78 is 2.41. The maximum absolute atomic E-state index is 12.5. The van der Waals surface area contributed by atoms with Crippen molar-refractivity contribution in [1.82, 2.24) is 30.6 Å². The summed E-state index contributed by atoms with van der Waals surface area (Å²) in [6.07, 6.45) is 1.44. The third-order valence-corrected chi connectivity index (χ3v) is 5.51. The van der Waals surface area contributed by atoms with Crippen molar-refractivity contribution in [3.05, 3.63) is 17.5 Å². The van der Waals surface area contributed by atoms with Gasteiger partial charge in [0.25, 0.3) is 5.91 Å².